The standard InChI is InChI=1S/C19H26FN3O3/c1-26-17-8-7-14(20)13-16(17)18(24)22-9-4-10-23(12-11-22)19(25)21-15-5-2-3-6-15/h7-8,13,15H,2-6,9-12H2,1H3,(H,21,25). The Morgan fingerprint density at radius 1 is 1.08 bits per heavy atom. The molecule has 1 saturated carbocycles. The molecule has 142 valence electrons. The van der Waals surface area contributed by atoms with Crippen LogP contribution in [0.1, 0.15) is 42.5 Å². The van der Waals surface area contributed by atoms with Crippen LogP contribution in [0.5, 0.6) is 5.75 Å². The molecule has 0 radical (unpaired) electrons. The van der Waals surface area contributed by atoms with E-state index in [-0.39, 0.29) is 23.5 Å². The summed E-state index contributed by atoms with van der Waals surface area (Å²) in [4.78, 5) is 28.7. The summed E-state index contributed by atoms with van der Waals surface area (Å²) in [6.07, 6.45) is 5.12. The lowest BCUT2D eigenvalue weighted by Crippen LogP contribution is -2.45. The number of methoxy groups -OCH3 is 1. The number of urea groups is 1. The molecule has 1 aromatic carbocycles. The molecule has 3 rings (SSSR count). The molecule has 1 aliphatic heterocycles. The zero-order valence-corrected chi connectivity index (χ0v) is 15.2. The van der Waals surface area contributed by atoms with Crippen molar-refractivity contribution in [3.05, 3.63) is 29.6 Å². The number of halogens is 1. The van der Waals surface area contributed by atoms with Gasteiger partial charge < -0.3 is 19.9 Å². The van der Waals surface area contributed by atoms with Gasteiger partial charge in [0, 0.05) is 32.2 Å². The van der Waals surface area contributed by atoms with Crippen molar-refractivity contribution in [3.8, 4) is 5.75 Å². The fourth-order valence-electron chi connectivity index (χ4n) is 3.68. The Morgan fingerprint density at radius 2 is 1.77 bits per heavy atom. The van der Waals surface area contributed by atoms with Crippen molar-refractivity contribution in [1.29, 1.82) is 0 Å². The van der Waals surface area contributed by atoms with Gasteiger partial charge in [-0.2, -0.15) is 0 Å². The predicted octanol–water partition coefficient (Wildman–Crippen LogP) is 2.63. The predicted molar refractivity (Wildman–Crippen MR) is 95.8 cm³/mol. The van der Waals surface area contributed by atoms with Gasteiger partial charge in [-0.3, -0.25) is 4.79 Å². The summed E-state index contributed by atoms with van der Waals surface area (Å²) in [7, 11) is 1.46. The molecule has 3 amide bonds. The van der Waals surface area contributed by atoms with Crippen molar-refractivity contribution < 1.29 is 18.7 Å². The normalized spacial score (nSPS) is 18.5. The molecule has 1 aliphatic carbocycles. The van der Waals surface area contributed by atoms with E-state index >= 15 is 0 Å². The zero-order valence-electron chi connectivity index (χ0n) is 15.2. The van der Waals surface area contributed by atoms with Gasteiger partial charge in [0.05, 0.1) is 12.7 Å². The molecule has 2 aliphatic rings. The van der Waals surface area contributed by atoms with Crippen molar-refractivity contribution >= 4 is 11.9 Å². The number of benzene rings is 1. The lowest BCUT2D eigenvalue weighted by atomic mass is 10.1. The molecule has 6 nitrogen and oxygen atoms in total. The van der Waals surface area contributed by atoms with Gasteiger partial charge in [0.25, 0.3) is 5.91 Å². The van der Waals surface area contributed by atoms with E-state index in [1.165, 1.54) is 38.2 Å². The monoisotopic (exact) mass is 363 g/mol. The van der Waals surface area contributed by atoms with Crippen molar-refractivity contribution in [2.24, 2.45) is 0 Å². The first kappa shape index (κ1) is 18.5. The molecule has 0 spiro atoms. The van der Waals surface area contributed by atoms with Crippen molar-refractivity contribution in [1.82, 2.24) is 15.1 Å². The summed E-state index contributed by atoms with van der Waals surface area (Å²) in [5.74, 6) is -0.377. The van der Waals surface area contributed by atoms with E-state index in [0.717, 1.165) is 12.8 Å². The molecule has 2 fully saturated rings. The lowest BCUT2D eigenvalue weighted by molar-refractivity contribution is 0.0758. The molecular weight excluding hydrogens is 337 g/mol. The van der Waals surface area contributed by atoms with Crippen molar-refractivity contribution in [2.75, 3.05) is 33.3 Å². The Hall–Kier alpha value is -2.31. The van der Waals surface area contributed by atoms with E-state index < -0.39 is 5.82 Å². The maximum atomic E-state index is 13.6. The minimum Gasteiger partial charge on any atom is -0.496 e. The average Bonchev–Trinajstić information content (AvgIpc) is 3.02. The van der Waals surface area contributed by atoms with Gasteiger partial charge in [0.2, 0.25) is 0 Å². The second kappa shape index (κ2) is 8.38. The summed E-state index contributed by atoms with van der Waals surface area (Å²) < 4.78 is 18.8. The highest BCUT2D eigenvalue weighted by atomic mass is 19.1. The molecule has 1 saturated heterocycles. The quantitative estimate of drug-likeness (QED) is 0.898. The number of hydrogen-bond donors (Lipinski definition) is 1. The summed E-state index contributed by atoms with van der Waals surface area (Å²) >= 11 is 0. The first-order valence-corrected chi connectivity index (χ1v) is 9.26. The van der Waals surface area contributed by atoms with Crippen LogP contribution >= 0.6 is 0 Å². The van der Waals surface area contributed by atoms with Crippen LogP contribution in [0.4, 0.5) is 9.18 Å². The lowest BCUT2D eigenvalue weighted by Gasteiger charge is -2.24. The van der Waals surface area contributed by atoms with Gasteiger partial charge in [-0.05, 0) is 37.5 Å². The number of hydrogen-bond acceptors (Lipinski definition) is 3. The van der Waals surface area contributed by atoms with E-state index in [1.807, 2.05) is 0 Å². The Morgan fingerprint density at radius 3 is 2.50 bits per heavy atom. The van der Waals surface area contributed by atoms with Crippen molar-refractivity contribution in [2.45, 2.75) is 38.1 Å². The molecular formula is C19H26FN3O3. The zero-order chi connectivity index (χ0) is 18.5. The minimum atomic E-state index is -0.471. The van der Waals surface area contributed by atoms with E-state index in [4.69, 9.17) is 4.74 Å². The molecule has 1 heterocycles. The van der Waals surface area contributed by atoms with Gasteiger partial charge in [0.1, 0.15) is 11.6 Å². The van der Waals surface area contributed by atoms with Gasteiger partial charge in [-0.15, -0.1) is 0 Å². The second-order valence-corrected chi connectivity index (χ2v) is 6.91. The maximum Gasteiger partial charge on any atom is 0.317 e. The summed E-state index contributed by atoms with van der Waals surface area (Å²) in [6.45, 7) is 2.05. The SMILES string of the molecule is COc1ccc(F)cc1C(=O)N1CCCN(C(=O)NC2CCCC2)CC1. The first-order chi connectivity index (χ1) is 12.6. The number of rotatable bonds is 3. The third-order valence-corrected chi connectivity index (χ3v) is 5.15. The van der Waals surface area contributed by atoms with E-state index in [2.05, 4.69) is 5.32 Å². The van der Waals surface area contributed by atoms with E-state index in [1.54, 1.807) is 9.80 Å². The highest BCUT2D eigenvalue weighted by Crippen LogP contribution is 2.22. The number of carbonyl (C=O) groups is 2. The molecule has 26 heavy (non-hydrogen) atoms. The van der Waals surface area contributed by atoms with Gasteiger partial charge >= 0.3 is 6.03 Å². The minimum absolute atomic E-state index is 0.0467. The fraction of sp³-hybridized carbons (Fsp3) is 0.579. The highest BCUT2D eigenvalue weighted by molar-refractivity contribution is 5.97. The molecule has 0 unspecified atom stereocenters. The Balaban J connectivity index is 1.62. The molecule has 0 aromatic heterocycles. The largest absolute Gasteiger partial charge is 0.496 e. The number of amides is 3. The van der Waals surface area contributed by atoms with Crippen molar-refractivity contribution in [3.63, 3.8) is 0 Å². The van der Waals surface area contributed by atoms with Crippen LogP contribution in [0.15, 0.2) is 18.2 Å². The van der Waals surface area contributed by atoms with Gasteiger partial charge in [0.15, 0.2) is 0 Å². The Kier molecular flexibility index (Phi) is 5.96. The van der Waals surface area contributed by atoms with Crippen LogP contribution in [0.2, 0.25) is 0 Å². The van der Waals surface area contributed by atoms with E-state index in [0.29, 0.717) is 38.3 Å². The second-order valence-electron chi connectivity index (χ2n) is 6.91. The number of nitrogens with one attached hydrogen (secondary N) is 1. The number of carbonyl (C=O) groups excluding carboxylic acids is 2. The van der Waals surface area contributed by atoms with Crippen LogP contribution < -0.4 is 10.1 Å². The Bertz CT molecular complexity index is 661. The first-order valence-electron chi connectivity index (χ1n) is 9.26. The van der Waals surface area contributed by atoms with Crippen LogP contribution in [0.25, 0.3) is 0 Å². The highest BCUT2D eigenvalue weighted by Gasteiger charge is 2.26. The summed E-state index contributed by atoms with van der Waals surface area (Å²) in [5, 5.41) is 3.09. The number of nitrogens with zero attached hydrogens (tertiary/aromatic N) is 2. The summed E-state index contributed by atoms with van der Waals surface area (Å²) in [5.41, 5.74) is 0.219. The molecule has 7 heteroatoms. The van der Waals surface area contributed by atoms with Gasteiger partial charge in [-0.25, -0.2) is 9.18 Å². The maximum absolute atomic E-state index is 13.6. The summed E-state index contributed by atoms with van der Waals surface area (Å²) in [6, 6.07) is 4.17. The molecule has 0 bridgehead atoms. The van der Waals surface area contributed by atoms with E-state index in [9.17, 15) is 14.0 Å². The average molecular weight is 363 g/mol. The van der Waals surface area contributed by atoms with Gasteiger partial charge in [-0.1, -0.05) is 12.8 Å². The molecule has 1 N–H and O–H groups in total. The van der Waals surface area contributed by atoms with Crippen LogP contribution in [0.3, 0.4) is 0 Å². The van der Waals surface area contributed by atoms with Crippen LogP contribution in [-0.2, 0) is 0 Å². The van der Waals surface area contributed by atoms with Crippen LogP contribution in [-0.4, -0.2) is 61.1 Å². The molecule has 0 atom stereocenters. The smallest absolute Gasteiger partial charge is 0.317 e. The molecule has 1 aromatic rings. The fourth-order valence-corrected chi connectivity index (χ4v) is 3.68. The number of ether oxygens (including phenoxy) is 1. The van der Waals surface area contributed by atoms with Crippen LogP contribution in [0, 0.1) is 5.82 Å². The topological polar surface area (TPSA) is 61.9 Å². The Labute approximate surface area is 153 Å². The third kappa shape index (κ3) is 4.26. The third-order valence-electron chi connectivity index (χ3n) is 5.15.